The number of carbonyl (C=O) groups is 1. The second-order valence-corrected chi connectivity index (χ2v) is 3.70. The lowest BCUT2D eigenvalue weighted by Gasteiger charge is -2.14. The van der Waals surface area contributed by atoms with Gasteiger partial charge in [0, 0.05) is 5.69 Å². The van der Waals surface area contributed by atoms with Crippen LogP contribution in [0, 0.1) is 0 Å². The Hall–Kier alpha value is -1.91. The Bertz CT molecular complexity index is 425. The summed E-state index contributed by atoms with van der Waals surface area (Å²) in [5.41, 5.74) is 6.70. The molecule has 0 spiro atoms. The number of rotatable bonds is 5. The summed E-state index contributed by atoms with van der Waals surface area (Å²) in [6.07, 6.45) is -1.18. The van der Waals surface area contributed by atoms with Gasteiger partial charge >= 0.3 is 5.97 Å². The van der Waals surface area contributed by atoms with E-state index < -0.39 is 18.0 Å². The molecule has 1 unspecified atom stereocenters. The van der Waals surface area contributed by atoms with Crippen molar-refractivity contribution in [3.8, 4) is 0 Å². The van der Waals surface area contributed by atoms with Gasteiger partial charge in [0.1, 0.15) is 0 Å². The zero-order valence-electron chi connectivity index (χ0n) is 10.0. The summed E-state index contributed by atoms with van der Waals surface area (Å²) in [5, 5.41) is 0. The maximum Gasteiger partial charge on any atom is 0.313 e. The number of carbonyl (C=O) groups excluding carboxylic acids is 1. The lowest BCUT2D eigenvalue weighted by molar-refractivity contribution is -0.144. The number of hydrogen-bond acceptors (Lipinski definition) is 3. The first-order valence-electron chi connectivity index (χ1n) is 5.57. The molecule has 2 N–H and O–H groups in total. The van der Waals surface area contributed by atoms with Crippen molar-refractivity contribution in [1.29, 1.82) is 0 Å². The zero-order chi connectivity index (χ0) is 13.5. The number of hydrogen-bond donors (Lipinski definition) is 1. The first-order chi connectivity index (χ1) is 8.54. The molecule has 0 heterocycles. The van der Waals surface area contributed by atoms with Gasteiger partial charge in [0.2, 0.25) is 0 Å². The fraction of sp³-hybridized carbons (Fsp3) is 0.308. The van der Waals surface area contributed by atoms with Gasteiger partial charge in [-0.15, -0.1) is 0 Å². The predicted octanol–water partition coefficient (Wildman–Crippen LogP) is 3.09. The van der Waals surface area contributed by atoms with Crippen molar-refractivity contribution in [3.63, 3.8) is 0 Å². The van der Waals surface area contributed by atoms with Crippen LogP contribution in [0.1, 0.15) is 24.8 Å². The fourth-order valence-corrected chi connectivity index (χ4v) is 1.55. The lowest BCUT2D eigenvalue weighted by atomic mass is 9.95. The lowest BCUT2D eigenvalue weighted by Crippen LogP contribution is -2.15. The van der Waals surface area contributed by atoms with E-state index in [0.29, 0.717) is 11.3 Å². The van der Waals surface area contributed by atoms with Crippen LogP contribution >= 0.6 is 0 Å². The minimum absolute atomic E-state index is 0.0922. The normalized spacial score (nSPS) is 11.7. The smallest absolute Gasteiger partial charge is 0.313 e. The summed E-state index contributed by atoms with van der Waals surface area (Å²) in [6, 6.07) is 6.52. The van der Waals surface area contributed by atoms with E-state index in [0.717, 1.165) is 6.08 Å². The van der Waals surface area contributed by atoms with Crippen molar-refractivity contribution in [3.05, 3.63) is 42.0 Å². The number of nitrogens with two attached hydrogens (primary N) is 1. The Labute approximate surface area is 104 Å². The molecule has 98 valence electrons. The van der Waals surface area contributed by atoms with Gasteiger partial charge < -0.3 is 10.5 Å². The molecular formula is C13H15F2NO2. The van der Waals surface area contributed by atoms with Crippen LogP contribution < -0.4 is 5.73 Å². The largest absolute Gasteiger partial charge is 0.466 e. The molecule has 3 nitrogen and oxygen atoms in total. The Morgan fingerprint density at radius 1 is 1.39 bits per heavy atom. The molecule has 0 aliphatic carbocycles. The minimum atomic E-state index is -1.81. The van der Waals surface area contributed by atoms with E-state index >= 15 is 0 Å². The molecule has 1 aromatic rings. The molecule has 0 saturated heterocycles. The molecule has 18 heavy (non-hydrogen) atoms. The third kappa shape index (κ3) is 4.16. The van der Waals surface area contributed by atoms with Gasteiger partial charge in [0.15, 0.2) is 0 Å². The molecule has 5 heteroatoms. The monoisotopic (exact) mass is 255 g/mol. The van der Waals surface area contributed by atoms with Gasteiger partial charge in [-0.3, -0.25) is 4.79 Å². The molecule has 1 atom stereocenters. The standard InChI is InChI=1S/C13H15F2NO2/c1-2-18-13(17)11(7-8-12(14)15)9-3-5-10(16)6-4-9/h3-6,8,11H,2,7,16H2,1H3. The van der Waals surface area contributed by atoms with Crippen LogP contribution in [0.3, 0.4) is 0 Å². The van der Waals surface area contributed by atoms with E-state index in [-0.39, 0.29) is 13.0 Å². The molecule has 0 radical (unpaired) electrons. The molecule has 0 bridgehead atoms. The van der Waals surface area contributed by atoms with Crippen molar-refractivity contribution < 1.29 is 18.3 Å². The van der Waals surface area contributed by atoms with Crippen molar-refractivity contribution in [2.24, 2.45) is 0 Å². The molecule has 0 saturated carbocycles. The Morgan fingerprint density at radius 3 is 2.50 bits per heavy atom. The average molecular weight is 255 g/mol. The Morgan fingerprint density at radius 2 is 2.00 bits per heavy atom. The Kier molecular flexibility index (Phi) is 5.30. The van der Waals surface area contributed by atoms with E-state index in [2.05, 4.69) is 0 Å². The van der Waals surface area contributed by atoms with Gasteiger partial charge in [-0.1, -0.05) is 12.1 Å². The van der Waals surface area contributed by atoms with E-state index in [4.69, 9.17) is 10.5 Å². The van der Waals surface area contributed by atoms with Crippen LogP contribution in [0.5, 0.6) is 0 Å². The molecule has 0 fully saturated rings. The molecule has 1 rings (SSSR count). The number of halogens is 2. The quantitative estimate of drug-likeness (QED) is 0.649. The van der Waals surface area contributed by atoms with Gasteiger partial charge in [0.25, 0.3) is 6.08 Å². The average Bonchev–Trinajstić information content (AvgIpc) is 2.31. The molecule has 0 aliphatic rings. The van der Waals surface area contributed by atoms with Gasteiger partial charge in [0.05, 0.1) is 12.5 Å². The van der Waals surface area contributed by atoms with Crippen LogP contribution in [0.25, 0.3) is 0 Å². The Balaban J connectivity index is 2.92. The van der Waals surface area contributed by atoms with Gasteiger partial charge in [-0.05, 0) is 37.1 Å². The van der Waals surface area contributed by atoms with Crippen LogP contribution in [0.2, 0.25) is 0 Å². The van der Waals surface area contributed by atoms with Crippen LogP contribution in [0.15, 0.2) is 36.4 Å². The number of allylic oxidation sites excluding steroid dienone is 1. The molecular weight excluding hydrogens is 240 g/mol. The third-order valence-electron chi connectivity index (χ3n) is 2.42. The highest BCUT2D eigenvalue weighted by atomic mass is 19.3. The number of ether oxygens (including phenoxy) is 1. The second kappa shape index (κ2) is 6.74. The number of anilines is 1. The second-order valence-electron chi connectivity index (χ2n) is 3.70. The van der Waals surface area contributed by atoms with Crippen molar-refractivity contribution >= 4 is 11.7 Å². The summed E-state index contributed by atoms with van der Waals surface area (Å²) < 4.78 is 29.1. The van der Waals surface area contributed by atoms with Crippen LogP contribution in [-0.4, -0.2) is 12.6 Å². The van der Waals surface area contributed by atoms with Crippen molar-refractivity contribution in [2.45, 2.75) is 19.3 Å². The predicted molar refractivity (Wildman–Crippen MR) is 65.1 cm³/mol. The topological polar surface area (TPSA) is 52.3 Å². The van der Waals surface area contributed by atoms with Crippen LogP contribution in [-0.2, 0) is 9.53 Å². The van der Waals surface area contributed by atoms with Gasteiger partial charge in [-0.2, -0.15) is 8.78 Å². The summed E-state index contributed by atoms with van der Waals surface area (Å²) in [5.74, 6) is -1.24. The van der Waals surface area contributed by atoms with Crippen molar-refractivity contribution in [1.82, 2.24) is 0 Å². The third-order valence-corrected chi connectivity index (χ3v) is 2.42. The van der Waals surface area contributed by atoms with E-state index in [9.17, 15) is 13.6 Å². The highest BCUT2D eigenvalue weighted by Gasteiger charge is 2.21. The maximum absolute atomic E-state index is 12.1. The highest BCUT2D eigenvalue weighted by molar-refractivity contribution is 5.78. The van der Waals surface area contributed by atoms with Crippen molar-refractivity contribution in [2.75, 3.05) is 12.3 Å². The molecule has 0 amide bonds. The number of benzene rings is 1. The molecule has 1 aromatic carbocycles. The molecule has 0 aliphatic heterocycles. The molecule has 0 aromatic heterocycles. The highest BCUT2D eigenvalue weighted by Crippen LogP contribution is 2.24. The van der Waals surface area contributed by atoms with Crippen LogP contribution in [0.4, 0.5) is 14.5 Å². The van der Waals surface area contributed by atoms with E-state index in [1.807, 2.05) is 0 Å². The summed E-state index contributed by atoms with van der Waals surface area (Å²) in [6.45, 7) is 1.88. The zero-order valence-corrected chi connectivity index (χ0v) is 10.0. The van der Waals surface area contributed by atoms with Gasteiger partial charge in [-0.25, -0.2) is 0 Å². The SMILES string of the molecule is CCOC(=O)C(CC=C(F)F)c1ccc(N)cc1. The first kappa shape index (κ1) is 14.2. The first-order valence-corrected chi connectivity index (χ1v) is 5.57. The maximum atomic E-state index is 12.1. The number of esters is 1. The summed E-state index contributed by atoms with van der Waals surface area (Å²) >= 11 is 0. The van der Waals surface area contributed by atoms with E-state index in [1.54, 1.807) is 31.2 Å². The summed E-state index contributed by atoms with van der Waals surface area (Å²) in [7, 11) is 0. The van der Waals surface area contributed by atoms with E-state index in [1.165, 1.54) is 0 Å². The number of nitrogen functional groups attached to an aromatic ring is 1. The minimum Gasteiger partial charge on any atom is -0.466 e. The fourth-order valence-electron chi connectivity index (χ4n) is 1.55. The summed E-state index contributed by atoms with van der Waals surface area (Å²) in [4.78, 5) is 11.7.